The number of hydrogen-bond donors (Lipinski definition) is 2. The number of carbonyl (C=O) groups excluding carboxylic acids is 1. The maximum atomic E-state index is 12.4. The average molecular weight is 357 g/mol. The van der Waals surface area contributed by atoms with Crippen molar-refractivity contribution in [2.75, 3.05) is 6.61 Å². The zero-order chi connectivity index (χ0) is 19.1. The first-order valence-electron chi connectivity index (χ1n) is 9.47. The van der Waals surface area contributed by atoms with E-state index in [2.05, 4.69) is 68.6 Å². The Balaban J connectivity index is 1.96. The lowest BCUT2D eigenvalue weighted by molar-refractivity contribution is -0.139. The molecular weight excluding hydrogens is 326 g/mol. The molecule has 0 radical (unpaired) electrons. The van der Waals surface area contributed by atoms with E-state index in [-0.39, 0.29) is 29.6 Å². The number of nitrogens with zero attached hydrogens (tertiary/aromatic N) is 1. The van der Waals surface area contributed by atoms with Crippen molar-refractivity contribution < 1.29 is 9.53 Å². The molecule has 2 heterocycles. The van der Waals surface area contributed by atoms with Gasteiger partial charge in [0, 0.05) is 12.2 Å². The van der Waals surface area contributed by atoms with Gasteiger partial charge in [-0.2, -0.15) is 5.01 Å². The molecule has 1 aromatic rings. The molecule has 2 N–H and O–H groups in total. The van der Waals surface area contributed by atoms with Gasteiger partial charge in [-0.1, -0.05) is 44.5 Å². The van der Waals surface area contributed by atoms with Gasteiger partial charge in [0.25, 0.3) is 0 Å². The molecule has 5 nitrogen and oxygen atoms in total. The predicted octanol–water partition coefficient (Wildman–Crippen LogP) is 3.35. The van der Waals surface area contributed by atoms with E-state index in [0.717, 1.165) is 6.42 Å². The number of hydrazine groups is 1. The van der Waals surface area contributed by atoms with E-state index in [1.54, 1.807) is 6.20 Å². The minimum atomic E-state index is -0.256. The lowest BCUT2D eigenvalue weighted by Gasteiger charge is -2.47. The number of ether oxygens (including phenoxy) is 1. The van der Waals surface area contributed by atoms with Crippen molar-refractivity contribution in [2.24, 2.45) is 5.41 Å². The fourth-order valence-electron chi connectivity index (χ4n) is 3.95. The number of fused-ring (bicyclic) bond motifs is 1. The van der Waals surface area contributed by atoms with Crippen molar-refractivity contribution in [3.8, 4) is 0 Å². The fraction of sp³-hybridized carbons (Fsp3) is 0.571. The molecule has 0 saturated carbocycles. The van der Waals surface area contributed by atoms with Gasteiger partial charge in [-0.25, -0.2) is 4.79 Å². The maximum absolute atomic E-state index is 12.4. The Morgan fingerprint density at radius 1 is 1.31 bits per heavy atom. The first-order valence-corrected chi connectivity index (χ1v) is 9.47. The number of benzene rings is 1. The number of esters is 1. The van der Waals surface area contributed by atoms with Crippen LogP contribution in [0.3, 0.4) is 0 Å². The summed E-state index contributed by atoms with van der Waals surface area (Å²) in [5, 5.41) is 5.83. The van der Waals surface area contributed by atoms with Gasteiger partial charge in [-0.3, -0.25) is 5.32 Å². The molecule has 0 aliphatic carbocycles. The summed E-state index contributed by atoms with van der Waals surface area (Å²) in [6.07, 6.45) is 2.58. The Morgan fingerprint density at radius 3 is 2.65 bits per heavy atom. The zero-order valence-corrected chi connectivity index (χ0v) is 16.7. The molecule has 0 bridgehead atoms. The lowest BCUT2D eigenvalue weighted by Crippen LogP contribution is -2.61. The predicted molar refractivity (Wildman–Crippen MR) is 103 cm³/mol. The molecule has 0 aromatic heterocycles. The van der Waals surface area contributed by atoms with Crippen LogP contribution in [0.2, 0.25) is 0 Å². The summed E-state index contributed by atoms with van der Waals surface area (Å²) in [5.41, 5.74) is 7.92. The zero-order valence-electron chi connectivity index (χ0n) is 16.7. The van der Waals surface area contributed by atoms with Crippen LogP contribution in [-0.4, -0.2) is 29.8 Å². The highest BCUT2D eigenvalue weighted by atomic mass is 16.5. The minimum absolute atomic E-state index is 0.0886. The molecule has 2 aliphatic heterocycles. The second-order valence-corrected chi connectivity index (χ2v) is 8.46. The molecule has 1 saturated heterocycles. The van der Waals surface area contributed by atoms with Crippen molar-refractivity contribution >= 4 is 5.97 Å². The summed E-state index contributed by atoms with van der Waals surface area (Å²) >= 11 is 0. The quantitative estimate of drug-likeness (QED) is 0.813. The SMILES string of the molecule is CCOC(=O)C1=CNN2C1NC(C(C)(C)C)CC2c1ccc(C)cc1C. The summed E-state index contributed by atoms with van der Waals surface area (Å²) in [4.78, 5) is 12.4. The maximum Gasteiger partial charge on any atom is 0.338 e. The summed E-state index contributed by atoms with van der Waals surface area (Å²) in [5.74, 6) is -0.256. The molecule has 0 spiro atoms. The molecule has 3 unspecified atom stereocenters. The topological polar surface area (TPSA) is 53.6 Å². The Kier molecular flexibility index (Phi) is 5.13. The third-order valence-electron chi connectivity index (χ3n) is 5.44. The number of carbonyl (C=O) groups is 1. The molecule has 142 valence electrons. The molecule has 1 fully saturated rings. The van der Waals surface area contributed by atoms with Gasteiger partial charge in [0.2, 0.25) is 0 Å². The van der Waals surface area contributed by atoms with Crippen LogP contribution >= 0.6 is 0 Å². The first kappa shape index (κ1) is 18.9. The third kappa shape index (κ3) is 3.51. The summed E-state index contributed by atoms with van der Waals surface area (Å²) in [6, 6.07) is 7.10. The molecule has 3 atom stereocenters. The van der Waals surface area contributed by atoms with Gasteiger partial charge < -0.3 is 10.2 Å². The van der Waals surface area contributed by atoms with Gasteiger partial charge in [-0.15, -0.1) is 0 Å². The largest absolute Gasteiger partial charge is 0.463 e. The molecule has 5 heteroatoms. The van der Waals surface area contributed by atoms with E-state index in [0.29, 0.717) is 12.2 Å². The number of aryl methyl sites for hydroxylation is 2. The van der Waals surface area contributed by atoms with Crippen LogP contribution in [-0.2, 0) is 9.53 Å². The Bertz CT molecular complexity index is 720. The monoisotopic (exact) mass is 357 g/mol. The number of nitrogens with one attached hydrogen (secondary N) is 2. The van der Waals surface area contributed by atoms with Crippen LogP contribution in [0.1, 0.15) is 56.8 Å². The summed E-state index contributed by atoms with van der Waals surface area (Å²) < 4.78 is 5.26. The summed E-state index contributed by atoms with van der Waals surface area (Å²) in [6.45, 7) is 13.2. The van der Waals surface area contributed by atoms with Crippen LogP contribution in [0.25, 0.3) is 0 Å². The minimum Gasteiger partial charge on any atom is -0.463 e. The molecular formula is C21H31N3O2. The Hall–Kier alpha value is -1.85. The van der Waals surface area contributed by atoms with E-state index in [1.165, 1.54) is 16.7 Å². The van der Waals surface area contributed by atoms with Gasteiger partial charge in [0.05, 0.1) is 18.2 Å². The highest BCUT2D eigenvalue weighted by Gasteiger charge is 2.46. The molecule has 3 rings (SSSR count). The van der Waals surface area contributed by atoms with E-state index in [1.807, 2.05) is 6.92 Å². The van der Waals surface area contributed by atoms with Gasteiger partial charge in [-0.05, 0) is 43.7 Å². The van der Waals surface area contributed by atoms with Crippen molar-refractivity contribution in [1.29, 1.82) is 0 Å². The van der Waals surface area contributed by atoms with Crippen molar-refractivity contribution in [3.63, 3.8) is 0 Å². The van der Waals surface area contributed by atoms with Crippen molar-refractivity contribution in [2.45, 2.75) is 66.2 Å². The normalized spacial score (nSPS) is 26.1. The van der Waals surface area contributed by atoms with Gasteiger partial charge in [0.1, 0.15) is 6.17 Å². The Morgan fingerprint density at radius 2 is 2.04 bits per heavy atom. The second-order valence-electron chi connectivity index (χ2n) is 8.46. The van der Waals surface area contributed by atoms with Crippen molar-refractivity contribution in [1.82, 2.24) is 15.8 Å². The van der Waals surface area contributed by atoms with Gasteiger partial charge >= 0.3 is 5.97 Å². The van der Waals surface area contributed by atoms with E-state index in [9.17, 15) is 4.79 Å². The molecule has 0 amide bonds. The van der Waals surface area contributed by atoms with Gasteiger partial charge in [0.15, 0.2) is 0 Å². The van der Waals surface area contributed by atoms with Crippen LogP contribution in [0, 0.1) is 19.3 Å². The van der Waals surface area contributed by atoms with E-state index >= 15 is 0 Å². The smallest absolute Gasteiger partial charge is 0.338 e. The third-order valence-corrected chi connectivity index (χ3v) is 5.44. The standard InChI is InChI=1S/C21H31N3O2/c1-7-26-20(25)16-12-22-24-17(15-9-8-13(2)10-14(15)3)11-18(21(4,5)6)23-19(16)24/h8-10,12,17-19,22-23H,7,11H2,1-6H3. The molecule has 2 aliphatic rings. The van der Waals surface area contributed by atoms with Crippen molar-refractivity contribution in [3.05, 3.63) is 46.7 Å². The molecule has 26 heavy (non-hydrogen) atoms. The van der Waals surface area contributed by atoms with E-state index in [4.69, 9.17) is 4.74 Å². The summed E-state index contributed by atoms with van der Waals surface area (Å²) in [7, 11) is 0. The highest BCUT2D eigenvalue weighted by molar-refractivity contribution is 5.90. The number of rotatable bonds is 3. The van der Waals surface area contributed by atoms with Crippen LogP contribution < -0.4 is 10.7 Å². The lowest BCUT2D eigenvalue weighted by atomic mass is 9.79. The Labute approximate surface area is 156 Å². The van der Waals surface area contributed by atoms with E-state index < -0.39 is 0 Å². The molecule has 1 aromatic carbocycles. The average Bonchev–Trinajstić information content (AvgIpc) is 2.97. The van der Waals surface area contributed by atoms with Crippen LogP contribution in [0.4, 0.5) is 0 Å². The van der Waals surface area contributed by atoms with Crippen LogP contribution in [0.15, 0.2) is 30.0 Å². The first-order chi connectivity index (χ1) is 12.2. The fourth-order valence-corrected chi connectivity index (χ4v) is 3.95. The van der Waals surface area contributed by atoms with Crippen LogP contribution in [0.5, 0.6) is 0 Å². The highest BCUT2D eigenvalue weighted by Crippen LogP contribution is 2.40. The number of hydrogen-bond acceptors (Lipinski definition) is 5. The second kappa shape index (κ2) is 7.05.